The minimum Gasteiger partial charge on any atom is -0.380 e. The third-order valence-electron chi connectivity index (χ3n) is 3.47. The van der Waals surface area contributed by atoms with Crippen LogP contribution in [0.1, 0.15) is 20.3 Å². The molecule has 3 heteroatoms. The van der Waals surface area contributed by atoms with Crippen LogP contribution in [0, 0.1) is 5.92 Å². The summed E-state index contributed by atoms with van der Waals surface area (Å²) in [6.07, 6.45) is 1.23. The maximum atomic E-state index is 5.48. The Bertz CT molecular complexity index is 178. The molecule has 2 aliphatic heterocycles. The Morgan fingerprint density at radius 2 is 2.29 bits per heavy atom. The normalized spacial score (nSPS) is 35.4. The number of hydrogen-bond acceptors (Lipinski definition) is 3. The highest BCUT2D eigenvalue weighted by Gasteiger charge is 2.32. The highest BCUT2D eigenvalue weighted by molar-refractivity contribution is 4.88. The number of hydrogen-bond donors (Lipinski definition) is 1. The van der Waals surface area contributed by atoms with Gasteiger partial charge in [-0.05, 0) is 12.3 Å². The molecule has 2 saturated heterocycles. The van der Waals surface area contributed by atoms with Gasteiger partial charge in [-0.3, -0.25) is 4.90 Å². The van der Waals surface area contributed by atoms with Crippen molar-refractivity contribution in [3.63, 3.8) is 0 Å². The summed E-state index contributed by atoms with van der Waals surface area (Å²) in [5.74, 6) is 0.739. The summed E-state index contributed by atoms with van der Waals surface area (Å²) < 4.78 is 5.48. The second-order valence-electron chi connectivity index (χ2n) is 4.77. The van der Waals surface area contributed by atoms with Crippen molar-refractivity contribution >= 4 is 0 Å². The Kier molecular flexibility index (Phi) is 3.42. The summed E-state index contributed by atoms with van der Waals surface area (Å²) in [5, 5.41) is 3.49. The Balaban J connectivity index is 1.98. The van der Waals surface area contributed by atoms with Crippen molar-refractivity contribution in [1.82, 2.24) is 10.2 Å². The fourth-order valence-electron chi connectivity index (χ4n) is 2.60. The molecule has 0 radical (unpaired) electrons. The van der Waals surface area contributed by atoms with Crippen LogP contribution in [0.25, 0.3) is 0 Å². The van der Waals surface area contributed by atoms with Crippen LogP contribution in [-0.2, 0) is 4.74 Å². The first-order chi connectivity index (χ1) is 6.79. The average molecular weight is 198 g/mol. The van der Waals surface area contributed by atoms with Crippen LogP contribution in [0.15, 0.2) is 0 Å². The number of nitrogens with one attached hydrogen (secondary N) is 1. The number of piperazine rings is 1. The van der Waals surface area contributed by atoms with Crippen molar-refractivity contribution < 1.29 is 4.74 Å². The third kappa shape index (κ3) is 2.10. The van der Waals surface area contributed by atoms with Crippen LogP contribution in [0.3, 0.4) is 0 Å². The van der Waals surface area contributed by atoms with E-state index in [2.05, 4.69) is 24.1 Å². The van der Waals surface area contributed by atoms with Gasteiger partial charge in [0.2, 0.25) is 0 Å². The van der Waals surface area contributed by atoms with E-state index >= 15 is 0 Å². The van der Waals surface area contributed by atoms with Crippen LogP contribution in [-0.4, -0.2) is 49.8 Å². The second kappa shape index (κ2) is 4.60. The Morgan fingerprint density at radius 3 is 2.93 bits per heavy atom. The molecule has 3 nitrogen and oxygen atoms in total. The lowest BCUT2D eigenvalue weighted by atomic mass is 9.98. The first-order valence-corrected chi connectivity index (χ1v) is 5.83. The van der Waals surface area contributed by atoms with Gasteiger partial charge in [-0.1, -0.05) is 13.8 Å². The van der Waals surface area contributed by atoms with Crippen molar-refractivity contribution in [2.75, 3.05) is 32.8 Å². The van der Waals surface area contributed by atoms with E-state index in [0.29, 0.717) is 12.1 Å². The number of nitrogens with zero attached hydrogens (tertiary/aromatic N) is 1. The molecule has 0 aromatic carbocycles. The number of ether oxygens (including phenoxy) is 1. The fourth-order valence-corrected chi connectivity index (χ4v) is 2.60. The molecule has 2 aliphatic rings. The summed E-state index contributed by atoms with van der Waals surface area (Å²) in [6.45, 7) is 10.0. The smallest absolute Gasteiger partial charge is 0.0622 e. The Hall–Kier alpha value is -0.120. The van der Waals surface area contributed by atoms with Gasteiger partial charge in [0.05, 0.1) is 6.61 Å². The van der Waals surface area contributed by atoms with Crippen molar-refractivity contribution in [2.24, 2.45) is 5.92 Å². The molecule has 2 rings (SSSR count). The fraction of sp³-hybridized carbons (Fsp3) is 1.00. The van der Waals surface area contributed by atoms with Crippen LogP contribution < -0.4 is 5.32 Å². The highest BCUT2D eigenvalue weighted by atomic mass is 16.5. The van der Waals surface area contributed by atoms with E-state index < -0.39 is 0 Å². The SMILES string of the molecule is CC(C)C1CNCCN1C1CCOC1. The maximum absolute atomic E-state index is 5.48. The van der Waals surface area contributed by atoms with E-state index in [9.17, 15) is 0 Å². The molecule has 0 amide bonds. The van der Waals surface area contributed by atoms with E-state index in [4.69, 9.17) is 4.74 Å². The predicted molar refractivity (Wildman–Crippen MR) is 57.4 cm³/mol. The van der Waals surface area contributed by atoms with Gasteiger partial charge >= 0.3 is 0 Å². The van der Waals surface area contributed by atoms with E-state index in [1.807, 2.05) is 0 Å². The molecular weight excluding hydrogens is 176 g/mol. The minimum absolute atomic E-state index is 0.685. The predicted octanol–water partition coefficient (Wildman–Crippen LogP) is 0.705. The summed E-state index contributed by atoms with van der Waals surface area (Å²) in [6, 6.07) is 1.39. The molecular formula is C11H22N2O. The molecule has 0 spiro atoms. The lowest BCUT2D eigenvalue weighted by molar-refractivity contribution is 0.0665. The van der Waals surface area contributed by atoms with Crippen LogP contribution in [0.5, 0.6) is 0 Å². The second-order valence-corrected chi connectivity index (χ2v) is 4.77. The quantitative estimate of drug-likeness (QED) is 0.707. The summed E-state index contributed by atoms with van der Waals surface area (Å²) in [5.41, 5.74) is 0. The zero-order chi connectivity index (χ0) is 9.97. The van der Waals surface area contributed by atoms with E-state index in [1.165, 1.54) is 13.0 Å². The third-order valence-corrected chi connectivity index (χ3v) is 3.47. The van der Waals surface area contributed by atoms with Crippen molar-refractivity contribution in [3.8, 4) is 0 Å². The van der Waals surface area contributed by atoms with Crippen LogP contribution in [0.4, 0.5) is 0 Å². The maximum Gasteiger partial charge on any atom is 0.0622 e. The lowest BCUT2D eigenvalue weighted by Crippen LogP contribution is -2.57. The zero-order valence-corrected chi connectivity index (χ0v) is 9.33. The van der Waals surface area contributed by atoms with Gasteiger partial charge in [-0.2, -0.15) is 0 Å². The molecule has 0 bridgehead atoms. The lowest BCUT2D eigenvalue weighted by Gasteiger charge is -2.41. The largest absolute Gasteiger partial charge is 0.380 e. The highest BCUT2D eigenvalue weighted by Crippen LogP contribution is 2.20. The standard InChI is InChI=1S/C11H22N2O/c1-9(2)11-7-12-4-5-13(11)10-3-6-14-8-10/h9-12H,3-8H2,1-2H3. The van der Waals surface area contributed by atoms with Crippen molar-refractivity contribution in [3.05, 3.63) is 0 Å². The topological polar surface area (TPSA) is 24.5 Å². The van der Waals surface area contributed by atoms with E-state index in [1.54, 1.807) is 0 Å². The van der Waals surface area contributed by atoms with Gasteiger partial charge in [0, 0.05) is 38.3 Å². The van der Waals surface area contributed by atoms with Crippen molar-refractivity contribution in [2.45, 2.75) is 32.4 Å². The van der Waals surface area contributed by atoms with E-state index in [0.717, 1.165) is 32.2 Å². The summed E-state index contributed by atoms with van der Waals surface area (Å²) in [7, 11) is 0. The minimum atomic E-state index is 0.685. The molecule has 1 N–H and O–H groups in total. The molecule has 0 aromatic rings. The molecule has 2 unspecified atom stereocenters. The van der Waals surface area contributed by atoms with Crippen LogP contribution in [0.2, 0.25) is 0 Å². The van der Waals surface area contributed by atoms with Gasteiger partial charge in [-0.15, -0.1) is 0 Å². The monoisotopic (exact) mass is 198 g/mol. The molecule has 14 heavy (non-hydrogen) atoms. The number of rotatable bonds is 2. The molecule has 2 fully saturated rings. The first kappa shape index (κ1) is 10.4. The summed E-state index contributed by atoms with van der Waals surface area (Å²) >= 11 is 0. The van der Waals surface area contributed by atoms with Gasteiger partial charge in [0.15, 0.2) is 0 Å². The van der Waals surface area contributed by atoms with Gasteiger partial charge < -0.3 is 10.1 Å². The van der Waals surface area contributed by atoms with Crippen LogP contribution >= 0.6 is 0 Å². The Labute approximate surface area is 86.8 Å². The molecule has 82 valence electrons. The summed E-state index contributed by atoms with van der Waals surface area (Å²) in [4.78, 5) is 2.66. The Morgan fingerprint density at radius 1 is 1.43 bits per heavy atom. The zero-order valence-electron chi connectivity index (χ0n) is 9.33. The molecule has 2 heterocycles. The molecule has 2 atom stereocenters. The first-order valence-electron chi connectivity index (χ1n) is 5.83. The van der Waals surface area contributed by atoms with Crippen molar-refractivity contribution in [1.29, 1.82) is 0 Å². The van der Waals surface area contributed by atoms with Gasteiger partial charge in [0.25, 0.3) is 0 Å². The molecule has 0 aromatic heterocycles. The average Bonchev–Trinajstić information content (AvgIpc) is 2.70. The van der Waals surface area contributed by atoms with Gasteiger partial charge in [-0.25, -0.2) is 0 Å². The van der Waals surface area contributed by atoms with Gasteiger partial charge in [0.1, 0.15) is 0 Å². The molecule has 0 aliphatic carbocycles. The van der Waals surface area contributed by atoms with E-state index in [-0.39, 0.29) is 0 Å². The molecule has 0 saturated carbocycles.